The number of aromatic nitrogens is 6. The number of fused-ring (bicyclic) bond motifs is 1. The largest absolute Gasteiger partial charge is 0.383 e. The van der Waals surface area contributed by atoms with Gasteiger partial charge in [-0.25, -0.2) is 19.6 Å². The van der Waals surface area contributed by atoms with Crippen molar-refractivity contribution in [3.8, 4) is 0 Å². The third kappa shape index (κ3) is 2.13. The fourth-order valence-corrected chi connectivity index (χ4v) is 2.86. The van der Waals surface area contributed by atoms with E-state index in [-0.39, 0.29) is 6.04 Å². The van der Waals surface area contributed by atoms with Crippen LogP contribution in [0.25, 0.3) is 11.0 Å². The van der Waals surface area contributed by atoms with Gasteiger partial charge in [0.1, 0.15) is 12.1 Å². The van der Waals surface area contributed by atoms with Gasteiger partial charge in [0.15, 0.2) is 5.65 Å². The number of rotatable bonds is 4. The van der Waals surface area contributed by atoms with Gasteiger partial charge in [0.2, 0.25) is 0 Å². The Kier molecular flexibility index (Phi) is 2.88. The molecule has 0 aromatic carbocycles. The summed E-state index contributed by atoms with van der Waals surface area (Å²) in [7, 11) is 0. The third-order valence-corrected chi connectivity index (χ3v) is 4.31. The topological polar surface area (TPSA) is 87.4 Å². The molecule has 3 aromatic heterocycles. The van der Waals surface area contributed by atoms with Crippen LogP contribution in [-0.4, -0.2) is 29.3 Å². The van der Waals surface area contributed by atoms with Crippen molar-refractivity contribution in [1.29, 1.82) is 0 Å². The van der Waals surface area contributed by atoms with Gasteiger partial charge >= 0.3 is 0 Å². The molecule has 0 radical (unpaired) electrons. The number of nitrogen functional groups attached to an aromatic ring is 1. The Bertz CT molecular complexity index is 828. The van der Waals surface area contributed by atoms with Gasteiger partial charge in [0.25, 0.3) is 0 Å². The van der Waals surface area contributed by atoms with Gasteiger partial charge in [-0.1, -0.05) is 0 Å². The number of hydrogen-bond donors (Lipinski definition) is 1. The molecule has 0 saturated heterocycles. The van der Waals surface area contributed by atoms with E-state index in [1.807, 2.05) is 17.9 Å². The van der Waals surface area contributed by atoms with E-state index in [9.17, 15) is 0 Å². The molecule has 22 heavy (non-hydrogen) atoms. The predicted molar refractivity (Wildman–Crippen MR) is 83.2 cm³/mol. The first-order valence-electron chi connectivity index (χ1n) is 7.60. The summed E-state index contributed by atoms with van der Waals surface area (Å²) in [5.74, 6) is 1.30. The Morgan fingerprint density at radius 3 is 2.91 bits per heavy atom. The van der Waals surface area contributed by atoms with Crippen LogP contribution in [0.1, 0.15) is 37.2 Å². The zero-order valence-corrected chi connectivity index (χ0v) is 12.8. The van der Waals surface area contributed by atoms with Gasteiger partial charge < -0.3 is 10.3 Å². The molecule has 0 aliphatic heterocycles. The molecule has 7 heteroatoms. The molecule has 4 rings (SSSR count). The lowest BCUT2D eigenvalue weighted by Crippen LogP contribution is -2.10. The van der Waals surface area contributed by atoms with Crippen molar-refractivity contribution < 1.29 is 0 Å². The normalized spacial score (nSPS) is 16.3. The lowest BCUT2D eigenvalue weighted by Gasteiger charge is -2.10. The first-order valence-corrected chi connectivity index (χ1v) is 7.60. The van der Waals surface area contributed by atoms with Crippen molar-refractivity contribution in [2.24, 2.45) is 5.92 Å². The summed E-state index contributed by atoms with van der Waals surface area (Å²) in [6.45, 7) is 5.07. The van der Waals surface area contributed by atoms with Crippen LogP contribution in [0, 0.1) is 12.8 Å². The average Bonchev–Trinajstić information content (AvgIpc) is 3.06. The molecule has 0 spiro atoms. The second kappa shape index (κ2) is 4.79. The Hall–Kier alpha value is -2.44. The molecule has 3 aromatic rings. The molecule has 0 amide bonds. The first-order chi connectivity index (χ1) is 10.6. The van der Waals surface area contributed by atoms with E-state index >= 15 is 0 Å². The van der Waals surface area contributed by atoms with E-state index in [1.165, 1.54) is 19.2 Å². The first kappa shape index (κ1) is 13.2. The average molecular weight is 297 g/mol. The molecule has 0 bridgehead atoms. The third-order valence-electron chi connectivity index (χ3n) is 4.31. The van der Waals surface area contributed by atoms with Gasteiger partial charge in [-0.3, -0.25) is 0 Å². The summed E-state index contributed by atoms with van der Waals surface area (Å²) in [6, 6.07) is 0.00551. The van der Waals surface area contributed by atoms with Crippen LogP contribution in [0.2, 0.25) is 0 Å². The molecular formula is C15H19N7. The van der Waals surface area contributed by atoms with E-state index < -0.39 is 0 Å². The number of aryl methyl sites for hydroxylation is 1. The summed E-state index contributed by atoms with van der Waals surface area (Å²) in [5.41, 5.74) is 8.54. The summed E-state index contributed by atoms with van der Waals surface area (Å²) < 4.78 is 4.05. The fourth-order valence-electron chi connectivity index (χ4n) is 2.86. The fraction of sp³-hybridized carbons (Fsp3) is 0.467. The molecule has 1 atom stereocenters. The molecule has 1 saturated carbocycles. The zero-order valence-electron chi connectivity index (χ0n) is 12.8. The quantitative estimate of drug-likeness (QED) is 0.795. The van der Waals surface area contributed by atoms with Crippen molar-refractivity contribution in [1.82, 2.24) is 29.3 Å². The summed E-state index contributed by atoms with van der Waals surface area (Å²) in [4.78, 5) is 12.9. The standard InChI is InChI=1S/C15H19N7/c1-9-13-14(16)17-7-18-15(13)22(20-9)10(2)12-6-21(8-19-12)5-11-3-4-11/h6-8,10-11H,3-5H2,1-2H3,(H2,16,17,18). The number of nitrogens with two attached hydrogens (primary N) is 1. The van der Waals surface area contributed by atoms with Gasteiger partial charge in [-0.05, 0) is 32.6 Å². The molecule has 2 N–H and O–H groups in total. The zero-order chi connectivity index (χ0) is 15.3. The molecule has 1 fully saturated rings. The van der Waals surface area contributed by atoms with E-state index in [0.29, 0.717) is 5.82 Å². The van der Waals surface area contributed by atoms with Crippen molar-refractivity contribution >= 4 is 16.9 Å². The number of anilines is 1. The van der Waals surface area contributed by atoms with E-state index in [2.05, 4.69) is 37.7 Å². The van der Waals surface area contributed by atoms with Crippen LogP contribution >= 0.6 is 0 Å². The number of hydrogen-bond acceptors (Lipinski definition) is 5. The van der Waals surface area contributed by atoms with E-state index in [4.69, 9.17) is 5.73 Å². The van der Waals surface area contributed by atoms with Crippen molar-refractivity contribution in [3.63, 3.8) is 0 Å². The van der Waals surface area contributed by atoms with Crippen LogP contribution < -0.4 is 5.73 Å². The maximum Gasteiger partial charge on any atom is 0.164 e. The van der Waals surface area contributed by atoms with Gasteiger partial charge in [-0.2, -0.15) is 5.10 Å². The highest BCUT2D eigenvalue weighted by Gasteiger charge is 2.23. The minimum absolute atomic E-state index is 0.00551. The second-order valence-electron chi connectivity index (χ2n) is 6.10. The summed E-state index contributed by atoms with van der Waals surface area (Å²) >= 11 is 0. The minimum atomic E-state index is 0.00551. The minimum Gasteiger partial charge on any atom is -0.383 e. The van der Waals surface area contributed by atoms with Crippen LogP contribution in [-0.2, 0) is 6.54 Å². The van der Waals surface area contributed by atoms with Crippen molar-refractivity contribution in [2.75, 3.05) is 5.73 Å². The van der Waals surface area contributed by atoms with Crippen molar-refractivity contribution in [2.45, 2.75) is 39.3 Å². The lowest BCUT2D eigenvalue weighted by atomic mass is 10.2. The number of imidazole rings is 1. The Morgan fingerprint density at radius 1 is 1.32 bits per heavy atom. The monoisotopic (exact) mass is 297 g/mol. The van der Waals surface area contributed by atoms with Gasteiger partial charge in [0.05, 0.1) is 29.1 Å². The Morgan fingerprint density at radius 2 is 2.14 bits per heavy atom. The molecule has 114 valence electrons. The highest BCUT2D eigenvalue weighted by molar-refractivity contribution is 5.87. The Balaban J connectivity index is 1.71. The summed E-state index contributed by atoms with van der Waals surface area (Å²) in [6.07, 6.45) is 8.17. The maximum absolute atomic E-state index is 5.95. The smallest absolute Gasteiger partial charge is 0.164 e. The van der Waals surface area contributed by atoms with Gasteiger partial charge in [0, 0.05) is 12.7 Å². The Labute approximate surface area is 128 Å². The van der Waals surface area contributed by atoms with Crippen LogP contribution in [0.5, 0.6) is 0 Å². The summed E-state index contributed by atoms with van der Waals surface area (Å²) in [5, 5.41) is 5.42. The highest BCUT2D eigenvalue weighted by Crippen LogP contribution is 2.31. The van der Waals surface area contributed by atoms with E-state index in [0.717, 1.165) is 34.9 Å². The maximum atomic E-state index is 5.95. The molecule has 3 heterocycles. The SMILES string of the molecule is Cc1nn(C(C)c2cn(CC3CC3)cn2)c2ncnc(N)c12. The molecule has 1 aliphatic carbocycles. The lowest BCUT2D eigenvalue weighted by molar-refractivity contribution is 0.561. The second-order valence-corrected chi connectivity index (χ2v) is 6.10. The molecule has 1 aliphatic rings. The van der Waals surface area contributed by atoms with Crippen LogP contribution in [0.3, 0.4) is 0 Å². The number of nitrogens with zero attached hydrogens (tertiary/aromatic N) is 6. The van der Waals surface area contributed by atoms with Crippen LogP contribution in [0.4, 0.5) is 5.82 Å². The molecule has 1 unspecified atom stereocenters. The predicted octanol–water partition coefficient (Wildman–Crippen LogP) is 1.93. The van der Waals surface area contributed by atoms with Gasteiger partial charge in [-0.15, -0.1) is 0 Å². The van der Waals surface area contributed by atoms with Crippen molar-refractivity contribution in [3.05, 3.63) is 30.2 Å². The highest BCUT2D eigenvalue weighted by atomic mass is 15.3. The van der Waals surface area contributed by atoms with E-state index in [1.54, 1.807) is 0 Å². The molecule has 7 nitrogen and oxygen atoms in total. The molecular weight excluding hydrogens is 278 g/mol. The van der Waals surface area contributed by atoms with Crippen LogP contribution in [0.15, 0.2) is 18.9 Å².